The lowest BCUT2D eigenvalue weighted by Crippen LogP contribution is -2.21. The van der Waals surface area contributed by atoms with Crippen LogP contribution in [0.1, 0.15) is 23.5 Å². The smallest absolute Gasteiger partial charge is 0.312 e. The maximum Gasteiger partial charge on any atom is 0.312 e. The summed E-state index contributed by atoms with van der Waals surface area (Å²) < 4.78 is 13.1. The van der Waals surface area contributed by atoms with Crippen LogP contribution in [0, 0.1) is 0 Å². The summed E-state index contributed by atoms with van der Waals surface area (Å²) in [5.74, 6) is -0.725. The van der Waals surface area contributed by atoms with Gasteiger partial charge < -0.3 is 19.4 Å². The molecule has 0 saturated carbocycles. The number of phenols is 2. The maximum atomic E-state index is 12.9. The van der Waals surface area contributed by atoms with E-state index in [1.54, 1.807) is 36.3 Å². The van der Waals surface area contributed by atoms with E-state index in [9.17, 15) is 19.8 Å². The van der Waals surface area contributed by atoms with Gasteiger partial charge in [-0.1, -0.05) is 0 Å². The molecule has 0 fully saturated rings. The molecule has 0 spiro atoms. The third kappa shape index (κ3) is 2.81. The SMILES string of the molecule is Cn1cc(C2CC(=O)Oc3cc(O)c4c(=O)cc(-c5ccc(O)cc5)oc4c32)cn1. The van der Waals surface area contributed by atoms with Gasteiger partial charge >= 0.3 is 5.97 Å². The molecule has 1 atom stereocenters. The van der Waals surface area contributed by atoms with E-state index in [1.807, 2.05) is 0 Å². The van der Waals surface area contributed by atoms with Crippen molar-refractivity contribution in [3.63, 3.8) is 0 Å². The number of hydrogen-bond acceptors (Lipinski definition) is 7. The number of carbonyl (C=O) groups is 1. The number of aryl methyl sites for hydroxylation is 1. The zero-order valence-electron chi connectivity index (χ0n) is 15.8. The fraction of sp³-hybridized carbons (Fsp3) is 0.136. The summed E-state index contributed by atoms with van der Waals surface area (Å²) in [6.45, 7) is 0. The molecule has 1 unspecified atom stereocenters. The summed E-state index contributed by atoms with van der Waals surface area (Å²) in [7, 11) is 1.77. The molecule has 2 aromatic carbocycles. The first-order valence-electron chi connectivity index (χ1n) is 9.23. The third-order valence-electron chi connectivity index (χ3n) is 5.20. The van der Waals surface area contributed by atoms with E-state index >= 15 is 0 Å². The molecule has 0 bridgehead atoms. The molecule has 0 radical (unpaired) electrons. The van der Waals surface area contributed by atoms with Gasteiger partial charge in [-0.3, -0.25) is 14.3 Å². The number of aromatic nitrogens is 2. The summed E-state index contributed by atoms with van der Waals surface area (Å²) in [5, 5.41) is 24.2. The monoisotopic (exact) mass is 404 g/mol. The Kier molecular flexibility index (Phi) is 3.89. The predicted octanol–water partition coefficient (Wildman–Crippen LogP) is 3.05. The summed E-state index contributed by atoms with van der Waals surface area (Å²) in [4.78, 5) is 25.1. The van der Waals surface area contributed by atoms with E-state index in [0.717, 1.165) is 5.56 Å². The second kappa shape index (κ2) is 6.48. The minimum absolute atomic E-state index is 0.0168. The first kappa shape index (κ1) is 18.0. The quantitative estimate of drug-likeness (QED) is 0.390. The van der Waals surface area contributed by atoms with Crippen molar-refractivity contribution in [2.24, 2.45) is 7.05 Å². The van der Waals surface area contributed by atoms with Gasteiger partial charge in [-0.05, 0) is 29.8 Å². The van der Waals surface area contributed by atoms with E-state index in [4.69, 9.17) is 9.15 Å². The molecule has 1 aliphatic heterocycles. The number of carbonyl (C=O) groups excluding carboxylic acids is 1. The molecule has 5 rings (SSSR count). The first-order valence-corrected chi connectivity index (χ1v) is 9.23. The summed E-state index contributed by atoms with van der Waals surface area (Å²) in [6.07, 6.45) is 3.48. The lowest BCUT2D eigenvalue weighted by atomic mass is 9.86. The number of phenolic OH excluding ortho intramolecular Hbond substituents is 2. The molecule has 3 heterocycles. The molecule has 2 aromatic heterocycles. The Morgan fingerprint density at radius 2 is 1.90 bits per heavy atom. The second-order valence-corrected chi connectivity index (χ2v) is 7.21. The Balaban J connectivity index is 1.82. The highest BCUT2D eigenvalue weighted by molar-refractivity contribution is 5.93. The van der Waals surface area contributed by atoms with Crippen LogP contribution in [0.5, 0.6) is 17.2 Å². The van der Waals surface area contributed by atoms with E-state index in [-0.39, 0.29) is 40.4 Å². The number of ether oxygens (including phenoxy) is 1. The van der Waals surface area contributed by atoms with Crippen LogP contribution in [0.15, 0.2) is 58.0 Å². The van der Waals surface area contributed by atoms with Gasteiger partial charge in [0.25, 0.3) is 0 Å². The predicted molar refractivity (Wildman–Crippen MR) is 107 cm³/mol. The number of aromatic hydroxyl groups is 2. The molecule has 2 N–H and O–H groups in total. The molecule has 0 aliphatic carbocycles. The minimum atomic E-state index is -0.452. The Morgan fingerprint density at radius 1 is 1.13 bits per heavy atom. The molecular formula is C22H16N2O6. The summed E-state index contributed by atoms with van der Waals surface area (Å²) in [6, 6.07) is 8.76. The Labute approximate surface area is 169 Å². The Morgan fingerprint density at radius 3 is 2.60 bits per heavy atom. The van der Waals surface area contributed by atoms with E-state index < -0.39 is 17.3 Å². The van der Waals surface area contributed by atoms with Gasteiger partial charge in [0.05, 0.1) is 12.6 Å². The lowest BCUT2D eigenvalue weighted by molar-refractivity contribution is -0.135. The number of esters is 1. The fourth-order valence-corrected chi connectivity index (χ4v) is 3.83. The third-order valence-corrected chi connectivity index (χ3v) is 5.20. The zero-order chi connectivity index (χ0) is 21.0. The Bertz CT molecular complexity index is 1370. The molecule has 8 heteroatoms. The van der Waals surface area contributed by atoms with Crippen LogP contribution < -0.4 is 10.2 Å². The molecule has 0 amide bonds. The number of rotatable bonds is 2. The number of nitrogens with zero attached hydrogens (tertiary/aromatic N) is 2. The van der Waals surface area contributed by atoms with Crippen LogP contribution >= 0.6 is 0 Å². The molecule has 8 nitrogen and oxygen atoms in total. The van der Waals surface area contributed by atoms with Gasteiger partial charge in [0, 0.05) is 42.4 Å². The topological polar surface area (TPSA) is 115 Å². The highest BCUT2D eigenvalue weighted by Crippen LogP contribution is 2.45. The van der Waals surface area contributed by atoms with Crippen LogP contribution in [0.3, 0.4) is 0 Å². The maximum absolute atomic E-state index is 12.9. The van der Waals surface area contributed by atoms with E-state index in [2.05, 4.69) is 5.10 Å². The fourth-order valence-electron chi connectivity index (χ4n) is 3.83. The number of hydrogen-bond donors (Lipinski definition) is 2. The van der Waals surface area contributed by atoms with Crippen LogP contribution in [-0.4, -0.2) is 26.0 Å². The van der Waals surface area contributed by atoms with Gasteiger partial charge in [0.1, 0.15) is 34.0 Å². The van der Waals surface area contributed by atoms with Crippen molar-refractivity contribution >= 4 is 16.9 Å². The molecule has 150 valence electrons. The van der Waals surface area contributed by atoms with Crippen molar-refractivity contribution in [3.8, 4) is 28.6 Å². The standard InChI is InChI=1S/C22H16N2O6/c1-24-10-12(9-23-24)14-6-19(28)29-18-8-16(27)21-15(26)7-17(30-22(21)20(14)18)11-2-4-13(25)5-3-11/h2-5,7-10,14,25,27H,6H2,1H3. The number of fused-ring (bicyclic) bond motifs is 3. The van der Waals surface area contributed by atoms with Crippen LogP contribution in [0.4, 0.5) is 0 Å². The van der Waals surface area contributed by atoms with Gasteiger partial charge in [-0.25, -0.2) is 0 Å². The normalized spacial score (nSPS) is 15.8. The van der Waals surface area contributed by atoms with Crippen molar-refractivity contribution in [1.29, 1.82) is 0 Å². The van der Waals surface area contributed by atoms with Crippen LogP contribution in [0.25, 0.3) is 22.3 Å². The van der Waals surface area contributed by atoms with Gasteiger partial charge in [-0.2, -0.15) is 5.10 Å². The molecule has 1 aliphatic rings. The Hall–Kier alpha value is -4.07. The highest BCUT2D eigenvalue weighted by Gasteiger charge is 2.34. The largest absolute Gasteiger partial charge is 0.508 e. The van der Waals surface area contributed by atoms with Gasteiger partial charge in [0.15, 0.2) is 5.43 Å². The van der Waals surface area contributed by atoms with E-state index in [0.29, 0.717) is 11.1 Å². The summed E-state index contributed by atoms with van der Waals surface area (Å²) >= 11 is 0. The minimum Gasteiger partial charge on any atom is -0.508 e. The lowest BCUT2D eigenvalue weighted by Gasteiger charge is -2.25. The van der Waals surface area contributed by atoms with Crippen molar-refractivity contribution in [1.82, 2.24) is 9.78 Å². The molecule has 0 saturated heterocycles. The molecule has 4 aromatic rings. The summed E-state index contributed by atoms with van der Waals surface area (Å²) in [5.41, 5.74) is 1.58. The first-order chi connectivity index (χ1) is 14.4. The average molecular weight is 404 g/mol. The van der Waals surface area contributed by atoms with Crippen molar-refractivity contribution in [2.45, 2.75) is 12.3 Å². The second-order valence-electron chi connectivity index (χ2n) is 7.21. The highest BCUT2D eigenvalue weighted by atomic mass is 16.5. The van der Waals surface area contributed by atoms with E-state index in [1.165, 1.54) is 24.3 Å². The van der Waals surface area contributed by atoms with Gasteiger partial charge in [-0.15, -0.1) is 0 Å². The average Bonchev–Trinajstić information content (AvgIpc) is 3.13. The number of benzene rings is 2. The van der Waals surface area contributed by atoms with Gasteiger partial charge in [0.2, 0.25) is 0 Å². The zero-order valence-corrected chi connectivity index (χ0v) is 15.8. The van der Waals surface area contributed by atoms with Crippen molar-refractivity contribution in [3.05, 3.63) is 70.1 Å². The van der Waals surface area contributed by atoms with Crippen LogP contribution in [-0.2, 0) is 11.8 Å². The molecule has 30 heavy (non-hydrogen) atoms. The van der Waals surface area contributed by atoms with Crippen molar-refractivity contribution < 1.29 is 24.2 Å². The molecular weight excluding hydrogens is 388 g/mol. The van der Waals surface area contributed by atoms with Crippen LogP contribution in [0.2, 0.25) is 0 Å². The van der Waals surface area contributed by atoms with Crippen molar-refractivity contribution in [2.75, 3.05) is 0 Å².